The molecule has 0 saturated heterocycles. The SMILES string of the molecule is CCOC(=O)c1cc(C)cc(C#N)c1Cl. The number of hydrogen-bond acceptors (Lipinski definition) is 3. The van der Waals surface area contributed by atoms with E-state index in [1.165, 1.54) is 0 Å². The molecule has 0 spiro atoms. The quantitative estimate of drug-likeness (QED) is 0.725. The van der Waals surface area contributed by atoms with E-state index in [2.05, 4.69) is 0 Å². The lowest BCUT2D eigenvalue weighted by Crippen LogP contribution is -2.06. The van der Waals surface area contributed by atoms with Crippen LogP contribution >= 0.6 is 11.6 Å². The zero-order valence-electron chi connectivity index (χ0n) is 8.50. The smallest absolute Gasteiger partial charge is 0.339 e. The molecule has 0 radical (unpaired) electrons. The van der Waals surface area contributed by atoms with Gasteiger partial charge in [-0.2, -0.15) is 5.26 Å². The molecule has 0 aliphatic rings. The molecule has 0 aliphatic heterocycles. The Kier molecular flexibility index (Phi) is 3.70. The monoisotopic (exact) mass is 223 g/mol. The number of rotatable bonds is 2. The summed E-state index contributed by atoms with van der Waals surface area (Å²) in [7, 11) is 0. The second-order valence-corrected chi connectivity index (χ2v) is 3.38. The van der Waals surface area contributed by atoms with E-state index in [9.17, 15) is 4.79 Å². The Hall–Kier alpha value is -1.53. The highest BCUT2D eigenvalue weighted by atomic mass is 35.5. The zero-order chi connectivity index (χ0) is 11.4. The van der Waals surface area contributed by atoms with Gasteiger partial charge in [0.1, 0.15) is 6.07 Å². The van der Waals surface area contributed by atoms with Gasteiger partial charge in [0, 0.05) is 0 Å². The highest BCUT2D eigenvalue weighted by Crippen LogP contribution is 2.23. The van der Waals surface area contributed by atoms with Gasteiger partial charge in [-0.25, -0.2) is 4.79 Å². The molecule has 4 heteroatoms. The molecular weight excluding hydrogens is 214 g/mol. The highest BCUT2D eigenvalue weighted by Gasteiger charge is 2.15. The van der Waals surface area contributed by atoms with Crippen molar-refractivity contribution in [3.63, 3.8) is 0 Å². The Morgan fingerprint density at radius 2 is 2.27 bits per heavy atom. The molecule has 0 aliphatic carbocycles. The van der Waals surface area contributed by atoms with Crippen molar-refractivity contribution in [1.82, 2.24) is 0 Å². The molecule has 0 fully saturated rings. The minimum absolute atomic E-state index is 0.154. The molecule has 15 heavy (non-hydrogen) atoms. The molecule has 0 amide bonds. The molecule has 0 atom stereocenters. The summed E-state index contributed by atoms with van der Waals surface area (Å²) in [6, 6.07) is 5.18. The summed E-state index contributed by atoms with van der Waals surface area (Å²) in [5, 5.41) is 8.95. The first kappa shape index (κ1) is 11.5. The van der Waals surface area contributed by atoms with Gasteiger partial charge in [0.2, 0.25) is 0 Å². The number of carbonyl (C=O) groups is 1. The molecule has 3 nitrogen and oxygen atoms in total. The maximum Gasteiger partial charge on any atom is 0.339 e. The van der Waals surface area contributed by atoms with Crippen LogP contribution in [0.3, 0.4) is 0 Å². The normalized spacial score (nSPS) is 9.47. The van der Waals surface area contributed by atoms with E-state index in [1.54, 1.807) is 26.0 Å². The van der Waals surface area contributed by atoms with E-state index >= 15 is 0 Å². The fourth-order valence-corrected chi connectivity index (χ4v) is 1.44. The molecule has 78 valence electrons. The van der Waals surface area contributed by atoms with Crippen LogP contribution in [0.5, 0.6) is 0 Å². The van der Waals surface area contributed by atoms with Crippen molar-refractivity contribution in [2.45, 2.75) is 13.8 Å². The number of esters is 1. The van der Waals surface area contributed by atoms with Gasteiger partial charge in [-0.15, -0.1) is 0 Å². The van der Waals surface area contributed by atoms with Crippen LogP contribution < -0.4 is 0 Å². The predicted octanol–water partition coefficient (Wildman–Crippen LogP) is 2.70. The first-order valence-electron chi connectivity index (χ1n) is 4.47. The molecule has 0 saturated carbocycles. The fraction of sp³-hybridized carbons (Fsp3) is 0.273. The summed E-state index contributed by atoms with van der Waals surface area (Å²) < 4.78 is 4.83. The molecular formula is C11H10ClNO2. The number of nitriles is 1. The van der Waals surface area contributed by atoms with Crippen LogP contribution in [0.1, 0.15) is 28.4 Å². The van der Waals surface area contributed by atoms with Gasteiger partial charge in [0.25, 0.3) is 0 Å². The lowest BCUT2D eigenvalue weighted by Gasteiger charge is -2.06. The van der Waals surface area contributed by atoms with Crippen molar-refractivity contribution >= 4 is 17.6 Å². The minimum Gasteiger partial charge on any atom is -0.462 e. The standard InChI is InChI=1S/C11H10ClNO2/c1-3-15-11(14)9-5-7(2)4-8(6-13)10(9)12/h4-5H,3H2,1-2H3. The third-order valence-corrected chi connectivity index (χ3v) is 2.24. The van der Waals surface area contributed by atoms with Crippen molar-refractivity contribution in [1.29, 1.82) is 5.26 Å². The van der Waals surface area contributed by atoms with Gasteiger partial charge in [0.05, 0.1) is 22.8 Å². The van der Waals surface area contributed by atoms with Crippen molar-refractivity contribution in [2.75, 3.05) is 6.61 Å². The van der Waals surface area contributed by atoms with Gasteiger partial charge < -0.3 is 4.74 Å². The number of hydrogen-bond donors (Lipinski definition) is 0. The van der Waals surface area contributed by atoms with Crippen molar-refractivity contribution in [2.24, 2.45) is 0 Å². The number of ether oxygens (including phenoxy) is 1. The minimum atomic E-state index is -0.497. The second-order valence-electron chi connectivity index (χ2n) is 3.01. The molecule has 1 rings (SSSR count). The fourth-order valence-electron chi connectivity index (χ4n) is 1.21. The zero-order valence-corrected chi connectivity index (χ0v) is 9.26. The lowest BCUT2D eigenvalue weighted by atomic mass is 10.1. The van der Waals surface area contributed by atoms with Crippen molar-refractivity contribution in [3.05, 3.63) is 33.8 Å². The van der Waals surface area contributed by atoms with E-state index < -0.39 is 5.97 Å². The number of aryl methyl sites for hydroxylation is 1. The lowest BCUT2D eigenvalue weighted by molar-refractivity contribution is 0.0526. The third kappa shape index (κ3) is 2.48. The van der Waals surface area contributed by atoms with Gasteiger partial charge >= 0.3 is 5.97 Å². The Morgan fingerprint density at radius 1 is 1.60 bits per heavy atom. The van der Waals surface area contributed by atoms with E-state index in [0.717, 1.165) is 5.56 Å². The van der Waals surface area contributed by atoms with Gasteiger partial charge in [-0.3, -0.25) is 0 Å². The van der Waals surface area contributed by atoms with Crippen molar-refractivity contribution in [3.8, 4) is 6.07 Å². The number of carbonyl (C=O) groups excluding carboxylic acids is 1. The van der Waals surface area contributed by atoms with E-state index in [4.69, 9.17) is 21.6 Å². The van der Waals surface area contributed by atoms with Crippen LogP contribution in [0, 0.1) is 18.3 Å². The third-order valence-electron chi connectivity index (χ3n) is 1.83. The first-order valence-corrected chi connectivity index (χ1v) is 4.85. The Morgan fingerprint density at radius 3 is 2.80 bits per heavy atom. The van der Waals surface area contributed by atoms with Crippen LogP contribution in [-0.4, -0.2) is 12.6 Å². The van der Waals surface area contributed by atoms with Gasteiger partial charge in [0.15, 0.2) is 0 Å². The van der Waals surface area contributed by atoms with Crippen LogP contribution in [0.25, 0.3) is 0 Å². The molecule has 0 N–H and O–H groups in total. The van der Waals surface area contributed by atoms with Gasteiger partial charge in [-0.1, -0.05) is 11.6 Å². The molecule has 0 unspecified atom stereocenters. The number of benzene rings is 1. The molecule has 0 aromatic heterocycles. The number of nitrogens with zero attached hydrogens (tertiary/aromatic N) is 1. The molecule has 1 aromatic rings. The maximum absolute atomic E-state index is 11.5. The Labute approximate surface area is 93.2 Å². The maximum atomic E-state index is 11.5. The molecule has 0 heterocycles. The van der Waals surface area contributed by atoms with E-state index in [-0.39, 0.29) is 17.2 Å². The molecule has 1 aromatic carbocycles. The summed E-state index contributed by atoms with van der Waals surface area (Å²) in [6.07, 6.45) is 0. The summed E-state index contributed by atoms with van der Waals surface area (Å²) in [5.74, 6) is -0.497. The molecule has 0 bridgehead atoms. The largest absolute Gasteiger partial charge is 0.462 e. The van der Waals surface area contributed by atoms with Crippen LogP contribution in [-0.2, 0) is 4.74 Å². The second kappa shape index (κ2) is 4.81. The Bertz CT molecular complexity index is 435. The van der Waals surface area contributed by atoms with Gasteiger partial charge in [-0.05, 0) is 31.5 Å². The number of halogens is 1. The highest BCUT2D eigenvalue weighted by molar-refractivity contribution is 6.34. The summed E-state index contributed by atoms with van der Waals surface area (Å²) in [5.41, 5.74) is 1.34. The first-order chi connectivity index (χ1) is 7.10. The Balaban J connectivity index is 3.24. The summed E-state index contributed by atoms with van der Waals surface area (Å²) >= 11 is 5.89. The van der Waals surface area contributed by atoms with Crippen LogP contribution in [0.15, 0.2) is 12.1 Å². The van der Waals surface area contributed by atoms with Crippen LogP contribution in [0.4, 0.5) is 0 Å². The average molecular weight is 224 g/mol. The summed E-state index contributed by atoms with van der Waals surface area (Å²) in [6.45, 7) is 3.79. The topological polar surface area (TPSA) is 50.1 Å². The van der Waals surface area contributed by atoms with E-state index in [1.807, 2.05) is 6.07 Å². The predicted molar refractivity (Wildman–Crippen MR) is 56.9 cm³/mol. The van der Waals surface area contributed by atoms with E-state index in [0.29, 0.717) is 5.56 Å². The van der Waals surface area contributed by atoms with Crippen LogP contribution in [0.2, 0.25) is 5.02 Å². The summed E-state index contributed by atoms with van der Waals surface area (Å²) in [4.78, 5) is 11.5. The van der Waals surface area contributed by atoms with Crippen molar-refractivity contribution < 1.29 is 9.53 Å². The average Bonchev–Trinajstić information content (AvgIpc) is 2.21.